The first-order valence-corrected chi connectivity index (χ1v) is 7.47. The summed E-state index contributed by atoms with van der Waals surface area (Å²) in [4.78, 5) is 0. The van der Waals surface area contributed by atoms with E-state index in [1.165, 1.54) is 38.6 Å². The van der Waals surface area contributed by atoms with Gasteiger partial charge in [-0.2, -0.15) is 0 Å². The molecule has 1 aliphatic rings. The molecule has 0 amide bonds. The Hall–Kier alpha value is -0.0800. The van der Waals surface area contributed by atoms with Crippen molar-refractivity contribution >= 4 is 0 Å². The first-order chi connectivity index (χ1) is 8.18. The van der Waals surface area contributed by atoms with Gasteiger partial charge in [0.1, 0.15) is 0 Å². The standard InChI is InChI=1S/C15H31NO/c1-13(2)7-9-17-10-8-16-12-15-6-4-5-14(3)11-15/h13-16H,4-12H2,1-3H3. The highest BCUT2D eigenvalue weighted by Gasteiger charge is 2.17. The molecule has 0 heterocycles. The molecule has 2 nitrogen and oxygen atoms in total. The molecule has 17 heavy (non-hydrogen) atoms. The molecule has 1 saturated carbocycles. The van der Waals surface area contributed by atoms with Gasteiger partial charge >= 0.3 is 0 Å². The molecule has 2 atom stereocenters. The molecule has 0 aromatic carbocycles. The molecule has 0 aromatic heterocycles. The average Bonchev–Trinajstić information content (AvgIpc) is 2.27. The lowest BCUT2D eigenvalue weighted by Gasteiger charge is -2.26. The maximum absolute atomic E-state index is 5.59. The highest BCUT2D eigenvalue weighted by Crippen LogP contribution is 2.27. The maximum atomic E-state index is 5.59. The van der Waals surface area contributed by atoms with E-state index < -0.39 is 0 Å². The smallest absolute Gasteiger partial charge is 0.0590 e. The van der Waals surface area contributed by atoms with Crippen molar-refractivity contribution < 1.29 is 4.74 Å². The van der Waals surface area contributed by atoms with Crippen molar-refractivity contribution in [3.05, 3.63) is 0 Å². The zero-order valence-electron chi connectivity index (χ0n) is 12.0. The van der Waals surface area contributed by atoms with Crippen molar-refractivity contribution in [2.75, 3.05) is 26.3 Å². The normalized spacial score (nSPS) is 25.4. The second-order valence-electron chi connectivity index (χ2n) is 6.14. The lowest BCUT2D eigenvalue weighted by molar-refractivity contribution is 0.123. The number of nitrogens with one attached hydrogen (secondary N) is 1. The zero-order chi connectivity index (χ0) is 12.5. The third-order valence-electron chi connectivity index (χ3n) is 3.74. The topological polar surface area (TPSA) is 21.3 Å². The average molecular weight is 241 g/mol. The Morgan fingerprint density at radius 2 is 2.06 bits per heavy atom. The van der Waals surface area contributed by atoms with Gasteiger partial charge in [-0.05, 0) is 43.6 Å². The third-order valence-corrected chi connectivity index (χ3v) is 3.74. The molecule has 2 heteroatoms. The Balaban J connectivity index is 1.86. The van der Waals surface area contributed by atoms with Crippen LogP contribution < -0.4 is 5.32 Å². The molecule has 0 aliphatic heterocycles. The van der Waals surface area contributed by atoms with Gasteiger partial charge in [0, 0.05) is 13.2 Å². The molecular weight excluding hydrogens is 210 g/mol. The maximum Gasteiger partial charge on any atom is 0.0590 e. The van der Waals surface area contributed by atoms with E-state index in [0.29, 0.717) is 0 Å². The van der Waals surface area contributed by atoms with Gasteiger partial charge in [0.25, 0.3) is 0 Å². The van der Waals surface area contributed by atoms with Crippen LogP contribution in [0.5, 0.6) is 0 Å². The number of rotatable bonds is 8. The largest absolute Gasteiger partial charge is 0.380 e. The lowest BCUT2D eigenvalue weighted by Crippen LogP contribution is -2.29. The van der Waals surface area contributed by atoms with Crippen molar-refractivity contribution in [1.82, 2.24) is 5.32 Å². The minimum Gasteiger partial charge on any atom is -0.380 e. The molecule has 102 valence electrons. The Morgan fingerprint density at radius 1 is 1.24 bits per heavy atom. The highest BCUT2D eigenvalue weighted by molar-refractivity contribution is 4.72. The molecule has 0 saturated heterocycles. The van der Waals surface area contributed by atoms with Crippen LogP contribution in [-0.2, 0) is 4.74 Å². The van der Waals surface area contributed by atoms with Crippen molar-refractivity contribution in [2.24, 2.45) is 17.8 Å². The predicted molar refractivity (Wildman–Crippen MR) is 74.3 cm³/mol. The van der Waals surface area contributed by atoms with Crippen LogP contribution in [0.3, 0.4) is 0 Å². The van der Waals surface area contributed by atoms with E-state index in [2.05, 4.69) is 26.1 Å². The summed E-state index contributed by atoms with van der Waals surface area (Å²) < 4.78 is 5.59. The molecule has 1 N–H and O–H groups in total. The van der Waals surface area contributed by atoms with Gasteiger partial charge in [-0.25, -0.2) is 0 Å². The monoisotopic (exact) mass is 241 g/mol. The minimum atomic E-state index is 0.756. The summed E-state index contributed by atoms with van der Waals surface area (Å²) in [5, 5.41) is 3.54. The zero-order valence-corrected chi connectivity index (χ0v) is 12.0. The van der Waals surface area contributed by atoms with E-state index in [1.807, 2.05) is 0 Å². The SMILES string of the molecule is CC(C)CCOCCNCC1CCCC(C)C1. The minimum absolute atomic E-state index is 0.756. The molecule has 0 aromatic rings. The lowest BCUT2D eigenvalue weighted by atomic mass is 9.82. The third kappa shape index (κ3) is 7.77. The molecule has 0 bridgehead atoms. The molecule has 2 unspecified atom stereocenters. The Bertz CT molecular complexity index is 182. The Labute approximate surface area is 108 Å². The van der Waals surface area contributed by atoms with Crippen LogP contribution in [0, 0.1) is 17.8 Å². The molecule has 1 aliphatic carbocycles. The summed E-state index contributed by atoms with van der Waals surface area (Å²) in [6, 6.07) is 0. The quantitative estimate of drug-likeness (QED) is 0.657. The molecule has 0 radical (unpaired) electrons. The number of hydrogen-bond donors (Lipinski definition) is 1. The van der Waals surface area contributed by atoms with Crippen LogP contribution in [0.2, 0.25) is 0 Å². The second-order valence-corrected chi connectivity index (χ2v) is 6.14. The summed E-state index contributed by atoms with van der Waals surface area (Å²) in [5.74, 6) is 2.61. The van der Waals surface area contributed by atoms with Gasteiger partial charge in [0.15, 0.2) is 0 Å². The van der Waals surface area contributed by atoms with Crippen molar-refractivity contribution in [3.63, 3.8) is 0 Å². The van der Waals surface area contributed by atoms with Gasteiger partial charge < -0.3 is 10.1 Å². The van der Waals surface area contributed by atoms with Crippen LogP contribution in [0.4, 0.5) is 0 Å². The number of ether oxygens (including phenoxy) is 1. The van der Waals surface area contributed by atoms with Crippen LogP contribution in [0.15, 0.2) is 0 Å². The summed E-state index contributed by atoms with van der Waals surface area (Å²) in [6.45, 7) is 10.9. The molecule has 0 spiro atoms. The van der Waals surface area contributed by atoms with Crippen LogP contribution >= 0.6 is 0 Å². The molecular formula is C15H31NO. The van der Waals surface area contributed by atoms with Gasteiger partial charge in [0.05, 0.1) is 6.61 Å². The van der Waals surface area contributed by atoms with Gasteiger partial charge in [0.2, 0.25) is 0 Å². The van der Waals surface area contributed by atoms with Crippen LogP contribution in [0.1, 0.15) is 52.9 Å². The van der Waals surface area contributed by atoms with Gasteiger partial charge in [-0.3, -0.25) is 0 Å². The highest BCUT2D eigenvalue weighted by atomic mass is 16.5. The van der Waals surface area contributed by atoms with Crippen molar-refractivity contribution in [3.8, 4) is 0 Å². The Kier molecular flexibility index (Phi) is 7.87. The number of hydrogen-bond acceptors (Lipinski definition) is 2. The van der Waals surface area contributed by atoms with Crippen molar-refractivity contribution in [2.45, 2.75) is 52.9 Å². The van der Waals surface area contributed by atoms with E-state index in [-0.39, 0.29) is 0 Å². The van der Waals surface area contributed by atoms with E-state index in [0.717, 1.165) is 37.5 Å². The fraction of sp³-hybridized carbons (Fsp3) is 1.00. The first kappa shape index (κ1) is 15.0. The van der Waals surface area contributed by atoms with E-state index in [4.69, 9.17) is 4.74 Å². The summed E-state index contributed by atoms with van der Waals surface area (Å²) in [7, 11) is 0. The van der Waals surface area contributed by atoms with E-state index >= 15 is 0 Å². The molecule has 1 fully saturated rings. The van der Waals surface area contributed by atoms with Crippen LogP contribution in [0.25, 0.3) is 0 Å². The van der Waals surface area contributed by atoms with Crippen LogP contribution in [-0.4, -0.2) is 26.3 Å². The molecule has 1 rings (SSSR count). The fourth-order valence-electron chi connectivity index (χ4n) is 2.62. The predicted octanol–water partition coefficient (Wildman–Crippen LogP) is 3.47. The first-order valence-electron chi connectivity index (χ1n) is 7.47. The summed E-state index contributed by atoms with van der Waals surface area (Å²) in [6.07, 6.45) is 6.89. The summed E-state index contributed by atoms with van der Waals surface area (Å²) in [5.41, 5.74) is 0. The van der Waals surface area contributed by atoms with E-state index in [1.54, 1.807) is 0 Å². The fourth-order valence-corrected chi connectivity index (χ4v) is 2.62. The van der Waals surface area contributed by atoms with Crippen molar-refractivity contribution in [1.29, 1.82) is 0 Å². The van der Waals surface area contributed by atoms with Gasteiger partial charge in [-0.15, -0.1) is 0 Å². The second kappa shape index (κ2) is 8.93. The summed E-state index contributed by atoms with van der Waals surface area (Å²) >= 11 is 0. The van der Waals surface area contributed by atoms with Gasteiger partial charge in [-0.1, -0.05) is 33.6 Å². The Morgan fingerprint density at radius 3 is 2.76 bits per heavy atom. The van der Waals surface area contributed by atoms with E-state index in [9.17, 15) is 0 Å².